The molecule has 0 fully saturated rings. The fraction of sp³-hybridized carbons (Fsp3) is 0.355. The molecule has 2 unspecified atom stereocenters. The van der Waals surface area contributed by atoms with Gasteiger partial charge in [0.05, 0.1) is 25.9 Å². The van der Waals surface area contributed by atoms with Crippen molar-refractivity contribution < 1.29 is 64.7 Å². The summed E-state index contributed by atoms with van der Waals surface area (Å²) in [7, 11) is -16.2. The smallest absolute Gasteiger partial charge is 0.427 e. The molecule has 0 spiro atoms. The van der Waals surface area contributed by atoms with Crippen molar-refractivity contribution in [3.05, 3.63) is 104 Å². The molecule has 52 heavy (non-hydrogen) atoms. The van der Waals surface area contributed by atoms with E-state index in [4.69, 9.17) is 27.4 Å². The Kier molecular flexibility index (Phi) is 14.0. The number of rotatable bonds is 18. The standard InChI is InChI=1S/C31H37N2O16P3/c1-4-28(34)46-26-12-7-22(8-13-26)18-44-52(42,45-19-23-9-14-27(15-10-23)47-29(35)5-2)49-51(40,41)48-50(38,39)43-20-24-6-11-25(16-24)33-17-21(3)30(36)32-31(33)37/h6-15,17,24-25H,4-5,16,18-20H2,1-3H3,(H,38,39)(H,40,41)(H,32,36,37)/t24-,25+/m1/s1. The van der Waals surface area contributed by atoms with Gasteiger partial charge in [-0.15, -0.1) is 0 Å². The Labute approximate surface area is 297 Å². The SMILES string of the molecule is CCC(=O)Oc1ccc(COP(=O)(OCc2ccc(OC(=O)CC)cc2)OP(=O)(O)OP(=O)(O)OC[C@@H]2C=C[C@H](n3cc(C)c(=O)[nH]c3=O)C2)cc1. The van der Waals surface area contributed by atoms with Crippen LogP contribution in [-0.4, -0.2) is 37.9 Å². The lowest BCUT2D eigenvalue weighted by Gasteiger charge is -2.22. The Bertz CT molecular complexity index is 1960. The summed E-state index contributed by atoms with van der Waals surface area (Å²) in [5.74, 6) is -1.07. The zero-order valence-corrected chi connectivity index (χ0v) is 30.8. The summed E-state index contributed by atoms with van der Waals surface area (Å²) < 4.78 is 75.5. The number of esters is 2. The number of ether oxygens (including phenoxy) is 2. The van der Waals surface area contributed by atoms with Crippen molar-refractivity contribution in [1.82, 2.24) is 9.55 Å². The number of hydrogen-bond acceptors (Lipinski definition) is 14. The normalized spacial score (nSPS) is 18.0. The first kappa shape index (κ1) is 41.0. The molecule has 4 rings (SSSR count). The number of benzene rings is 2. The van der Waals surface area contributed by atoms with Gasteiger partial charge in [0.1, 0.15) is 11.5 Å². The predicted molar refractivity (Wildman–Crippen MR) is 182 cm³/mol. The van der Waals surface area contributed by atoms with Gasteiger partial charge >= 0.3 is 41.1 Å². The zero-order chi connectivity index (χ0) is 38.1. The molecule has 2 aromatic carbocycles. The zero-order valence-electron chi connectivity index (χ0n) is 28.1. The fourth-order valence-electron chi connectivity index (χ4n) is 4.51. The number of phosphoric ester groups is 2. The van der Waals surface area contributed by atoms with Crippen LogP contribution in [0.4, 0.5) is 0 Å². The van der Waals surface area contributed by atoms with Crippen molar-refractivity contribution >= 4 is 35.4 Å². The number of hydrogen-bond donors (Lipinski definition) is 3. The second-order valence-electron chi connectivity index (χ2n) is 11.3. The Hall–Kier alpha value is -3.79. The van der Waals surface area contributed by atoms with Crippen LogP contribution in [0.15, 0.2) is 76.5 Å². The molecule has 282 valence electrons. The van der Waals surface area contributed by atoms with Gasteiger partial charge in [0.2, 0.25) is 0 Å². The van der Waals surface area contributed by atoms with Gasteiger partial charge in [-0.1, -0.05) is 50.3 Å². The van der Waals surface area contributed by atoms with Crippen LogP contribution < -0.4 is 20.7 Å². The minimum Gasteiger partial charge on any atom is -0.427 e. The molecule has 1 aliphatic carbocycles. The van der Waals surface area contributed by atoms with E-state index in [1.54, 1.807) is 26.0 Å². The summed E-state index contributed by atoms with van der Waals surface area (Å²) in [6.07, 6.45) is 5.08. The van der Waals surface area contributed by atoms with Crippen LogP contribution in [0.2, 0.25) is 0 Å². The predicted octanol–water partition coefficient (Wildman–Crippen LogP) is 5.39. The highest BCUT2D eigenvalue weighted by molar-refractivity contribution is 7.67. The molecule has 3 N–H and O–H groups in total. The van der Waals surface area contributed by atoms with Crippen LogP contribution >= 0.6 is 23.5 Å². The second kappa shape index (κ2) is 17.8. The number of aromatic amines is 1. The average Bonchev–Trinajstić information content (AvgIpc) is 3.56. The van der Waals surface area contributed by atoms with Crippen molar-refractivity contribution in [2.24, 2.45) is 5.92 Å². The number of aromatic nitrogens is 2. The highest BCUT2D eigenvalue weighted by Gasteiger charge is 2.44. The third-order valence-corrected chi connectivity index (χ3v) is 11.8. The van der Waals surface area contributed by atoms with Crippen LogP contribution in [0.3, 0.4) is 0 Å². The van der Waals surface area contributed by atoms with Gasteiger partial charge in [-0.05, 0) is 48.7 Å². The molecule has 0 bridgehead atoms. The van der Waals surface area contributed by atoms with E-state index in [1.807, 2.05) is 0 Å². The van der Waals surface area contributed by atoms with Gasteiger partial charge in [-0.2, -0.15) is 8.62 Å². The monoisotopic (exact) mass is 786 g/mol. The first-order valence-electron chi connectivity index (χ1n) is 15.7. The molecule has 0 saturated carbocycles. The second-order valence-corrected chi connectivity index (χ2v) is 16.1. The molecule has 3 aromatic rings. The molecule has 18 nitrogen and oxygen atoms in total. The van der Waals surface area contributed by atoms with Gasteiger partial charge in [0.15, 0.2) is 0 Å². The Morgan fingerprint density at radius 1 is 0.788 bits per heavy atom. The molecule has 0 aliphatic heterocycles. The van der Waals surface area contributed by atoms with E-state index >= 15 is 0 Å². The number of carbonyl (C=O) groups is 2. The van der Waals surface area contributed by atoms with Crippen molar-refractivity contribution in [3.8, 4) is 11.5 Å². The lowest BCUT2D eigenvalue weighted by atomic mass is 10.1. The topological polar surface area (TPSA) is 245 Å². The lowest BCUT2D eigenvalue weighted by molar-refractivity contribution is -0.134. The Morgan fingerprint density at radius 3 is 1.81 bits per heavy atom. The third kappa shape index (κ3) is 12.4. The van der Waals surface area contributed by atoms with Gasteiger partial charge in [-0.3, -0.25) is 37.5 Å². The number of H-pyrrole nitrogens is 1. The number of phosphoric acid groups is 3. The molecule has 1 aliphatic rings. The highest BCUT2D eigenvalue weighted by atomic mass is 31.3. The first-order valence-corrected chi connectivity index (χ1v) is 20.2. The van der Waals surface area contributed by atoms with E-state index in [2.05, 4.69) is 9.29 Å². The first-order chi connectivity index (χ1) is 24.5. The van der Waals surface area contributed by atoms with Crippen LogP contribution in [-0.2, 0) is 58.7 Å². The molecular weight excluding hydrogens is 749 g/mol. The molecular formula is C31H37N2O16P3. The van der Waals surface area contributed by atoms with E-state index in [0.717, 1.165) is 0 Å². The molecule has 4 atom stereocenters. The number of nitrogens with zero attached hydrogens (tertiary/aromatic N) is 1. The van der Waals surface area contributed by atoms with E-state index in [1.165, 1.54) is 66.2 Å². The van der Waals surface area contributed by atoms with Gasteiger partial charge in [-0.25, -0.2) is 18.5 Å². The van der Waals surface area contributed by atoms with Crippen LogP contribution in [0.1, 0.15) is 55.8 Å². The lowest BCUT2D eigenvalue weighted by Crippen LogP contribution is -2.32. The fourth-order valence-corrected chi connectivity index (χ4v) is 8.58. The summed E-state index contributed by atoms with van der Waals surface area (Å²) in [5.41, 5.74) is -0.229. The Balaban J connectivity index is 1.41. The Morgan fingerprint density at radius 2 is 1.31 bits per heavy atom. The summed E-state index contributed by atoms with van der Waals surface area (Å²) in [6, 6.07) is 11.0. The summed E-state index contributed by atoms with van der Waals surface area (Å²) in [4.78, 5) is 69.9. The van der Waals surface area contributed by atoms with Crippen molar-refractivity contribution in [1.29, 1.82) is 0 Å². The molecule has 1 aromatic heterocycles. The molecule has 0 saturated heterocycles. The highest BCUT2D eigenvalue weighted by Crippen LogP contribution is 2.69. The van der Waals surface area contributed by atoms with E-state index in [-0.39, 0.29) is 30.8 Å². The van der Waals surface area contributed by atoms with Crippen molar-refractivity contribution in [2.75, 3.05) is 6.61 Å². The molecule has 21 heteroatoms. The van der Waals surface area contributed by atoms with E-state index < -0.39 is 78.4 Å². The number of nitrogens with one attached hydrogen (secondary N) is 1. The molecule has 0 amide bonds. The van der Waals surface area contributed by atoms with Gasteiger partial charge in [0, 0.05) is 30.5 Å². The largest absolute Gasteiger partial charge is 0.490 e. The maximum absolute atomic E-state index is 13.7. The van der Waals surface area contributed by atoms with Gasteiger partial charge < -0.3 is 19.3 Å². The maximum Gasteiger partial charge on any atom is 0.490 e. The number of allylic oxidation sites excluding steroid dienone is 1. The van der Waals surface area contributed by atoms with Gasteiger partial charge in [0.25, 0.3) is 5.56 Å². The van der Waals surface area contributed by atoms with Crippen LogP contribution in [0.5, 0.6) is 11.5 Å². The van der Waals surface area contributed by atoms with Crippen molar-refractivity contribution in [3.63, 3.8) is 0 Å². The summed E-state index contributed by atoms with van der Waals surface area (Å²) in [6.45, 7) is 3.18. The number of aryl methyl sites for hydroxylation is 1. The van der Waals surface area contributed by atoms with Crippen molar-refractivity contribution in [2.45, 2.75) is 59.3 Å². The third-order valence-electron chi connectivity index (χ3n) is 7.18. The molecule has 1 heterocycles. The minimum atomic E-state index is -5.73. The molecule has 0 radical (unpaired) electrons. The van der Waals surface area contributed by atoms with Crippen LogP contribution in [0.25, 0.3) is 0 Å². The summed E-state index contributed by atoms with van der Waals surface area (Å²) >= 11 is 0. The number of carbonyl (C=O) groups excluding carboxylic acids is 2. The average molecular weight is 787 g/mol. The van der Waals surface area contributed by atoms with E-state index in [9.17, 15) is 42.7 Å². The van der Waals surface area contributed by atoms with Crippen LogP contribution in [0, 0.1) is 12.8 Å². The maximum atomic E-state index is 13.7. The minimum absolute atomic E-state index is 0.142. The quantitative estimate of drug-likeness (QED) is 0.0633. The van der Waals surface area contributed by atoms with E-state index in [0.29, 0.717) is 16.7 Å². The summed E-state index contributed by atoms with van der Waals surface area (Å²) in [5, 5.41) is 0.